The number of ether oxygens (including phenoxy) is 2. The lowest BCUT2D eigenvalue weighted by molar-refractivity contribution is 0.279. The predicted octanol–water partition coefficient (Wildman–Crippen LogP) is 4.04. The standard InChI is InChI=1S/C21H22N6O2S.ClH/c1-2-4-19-18(3-1)23-21(30-19)29-17-7-5-16(6-8-17)28-14-13-27-25-20(24-26-27)15-9-11-22-12-10-15;/h1-8,15,22H,9-14H2;1H. The summed E-state index contributed by atoms with van der Waals surface area (Å²) >= 11 is 1.53. The van der Waals surface area contributed by atoms with E-state index in [1.165, 1.54) is 11.3 Å². The molecule has 5 rings (SSSR count). The summed E-state index contributed by atoms with van der Waals surface area (Å²) in [5.74, 6) is 2.74. The van der Waals surface area contributed by atoms with Crippen molar-refractivity contribution in [1.82, 2.24) is 30.5 Å². The Kier molecular flexibility index (Phi) is 6.96. The molecule has 0 atom stereocenters. The second-order valence-corrected chi connectivity index (χ2v) is 8.13. The van der Waals surface area contributed by atoms with E-state index in [0.717, 1.165) is 53.5 Å². The Labute approximate surface area is 190 Å². The van der Waals surface area contributed by atoms with Crippen molar-refractivity contribution >= 4 is 34.0 Å². The number of aromatic nitrogens is 5. The van der Waals surface area contributed by atoms with E-state index < -0.39 is 0 Å². The van der Waals surface area contributed by atoms with E-state index in [9.17, 15) is 0 Å². The van der Waals surface area contributed by atoms with Crippen molar-refractivity contribution in [3.63, 3.8) is 0 Å². The first-order valence-electron chi connectivity index (χ1n) is 10.1. The van der Waals surface area contributed by atoms with Crippen LogP contribution in [0.15, 0.2) is 48.5 Å². The highest BCUT2D eigenvalue weighted by atomic mass is 35.5. The molecule has 0 amide bonds. The van der Waals surface area contributed by atoms with Crippen LogP contribution in [-0.2, 0) is 6.54 Å². The number of halogens is 1. The fourth-order valence-electron chi connectivity index (χ4n) is 3.44. The van der Waals surface area contributed by atoms with Gasteiger partial charge in [0.1, 0.15) is 18.1 Å². The number of tetrazole rings is 1. The molecule has 0 saturated carbocycles. The van der Waals surface area contributed by atoms with Crippen LogP contribution >= 0.6 is 23.7 Å². The average molecular weight is 459 g/mol. The van der Waals surface area contributed by atoms with Crippen molar-refractivity contribution in [2.75, 3.05) is 19.7 Å². The third kappa shape index (κ3) is 5.30. The summed E-state index contributed by atoms with van der Waals surface area (Å²) in [6, 6.07) is 15.5. The minimum Gasteiger partial charge on any atom is -0.492 e. The summed E-state index contributed by atoms with van der Waals surface area (Å²) in [5, 5.41) is 16.8. The number of nitrogens with zero attached hydrogens (tertiary/aromatic N) is 5. The van der Waals surface area contributed by atoms with Crippen LogP contribution in [0.5, 0.6) is 16.7 Å². The Bertz CT molecular complexity index is 1080. The zero-order valence-electron chi connectivity index (χ0n) is 16.8. The van der Waals surface area contributed by atoms with Gasteiger partial charge in [-0.15, -0.1) is 22.6 Å². The molecule has 3 heterocycles. The summed E-state index contributed by atoms with van der Waals surface area (Å²) in [7, 11) is 0. The van der Waals surface area contributed by atoms with Crippen LogP contribution in [0, 0.1) is 0 Å². The SMILES string of the molecule is Cl.c1ccc2sc(Oc3ccc(OCCn4nnc(C5CCNCC5)n4)cc3)nc2c1. The first kappa shape index (κ1) is 21.5. The summed E-state index contributed by atoms with van der Waals surface area (Å²) in [6.45, 7) is 3.06. The zero-order valence-corrected chi connectivity index (χ0v) is 18.4. The highest BCUT2D eigenvalue weighted by Gasteiger charge is 2.19. The van der Waals surface area contributed by atoms with Gasteiger partial charge in [-0.2, -0.15) is 4.80 Å². The highest BCUT2D eigenvalue weighted by Crippen LogP contribution is 2.31. The molecule has 1 aliphatic heterocycles. The van der Waals surface area contributed by atoms with Gasteiger partial charge >= 0.3 is 0 Å². The van der Waals surface area contributed by atoms with E-state index in [1.54, 1.807) is 4.80 Å². The van der Waals surface area contributed by atoms with E-state index in [1.807, 2.05) is 48.5 Å². The average Bonchev–Trinajstić information content (AvgIpc) is 3.42. The number of para-hydroxylation sites is 1. The van der Waals surface area contributed by atoms with Crippen LogP contribution < -0.4 is 14.8 Å². The lowest BCUT2D eigenvalue weighted by Crippen LogP contribution is -2.27. The van der Waals surface area contributed by atoms with Gasteiger partial charge in [-0.1, -0.05) is 23.5 Å². The van der Waals surface area contributed by atoms with Gasteiger partial charge in [-0.05, 0) is 67.5 Å². The van der Waals surface area contributed by atoms with Gasteiger partial charge in [0.15, 0.2) is 5.82 Å². The second kappa shape index (κ2) is 10.0. The zero-order chi connectivity index (χ0) is 20.2. The summed E-state index contributed by atoms with van der Waals surface area (Å²) in [5.41, 5.74) is 0.947. The Morgan fingerprint density at radius 2 is 1.81 bits per heavy atom. The molecule has 1 N–H and O–H groups in total. The number of benzene rings is 2. The predicted molar refractivity (Wildman–Crippen MR) is 122 cm³/mol. The van der Waals surface area contributed by atoms with Gasteiger partial charge in [0.05, 0.1) is 16.8 Å². The Balaban J connectivity index is 0.00000231. The van der Waals surface area contributed by atoms with Crippen molar-refractivity contribution in [1.29, 1.82) is 0 Å². The van der Waals surface area contributed by atoms with Crippen molar-refractivity contribution < 1.29 is 9.47 Å². The van der Waals surface area contributed by atoms with Gasteiger partial charge in [0, 0.05) is 5.92 Å². The van der Waals surface area contributed by atoms with Gasteiger partial charge in [-0.3, -0.25) is 0 Å². The maximum absolute atomic E-state index is 5.87. The first-order valence-corrected chi connectivity index (χ1v) is 10.9. The maximum Gasteiger partial charge on any atom is 0.279 e. The summed E-state index contributed by atoms with van der Waals surface area (Å²) in [4.78, 5) is 6.10. The van der Waals surface area contributed by atoms with Gasteiger partial charge < -0.3 is 14.8 Å². The largest absolute Gasteiger partial charge is 0.492 e. The van der Waals surface area contributed by atoms with Crippen molar-refractivity contribution in [2.45, 2.75) is 25.3 Å². The molecule has 0 aliphatic carbocycles. The van der Waals surface area contributed by atoms with Crippen LogP contribution in [0.2, 0.25) is 0 Å². The first-order chi connectivity index (χ1) is 14.8. The Morgan fingerprint density at radius 3 is 2.61 bits per heavy atom. The lowest BCUT2D eigenvalue weighted by atomic mass is 9.98. The van der Waals surface area contributed by atoms with E-state index in [4.69, 9.17) is 9.47 Å². The molecule has 10 heteroatoms. The Hall–Kier alpha value is -2.75. The normalized spacial score (nSPS) is 14.3. The number of rotatable bonds is 7. The number of fused-ring (bicyclic) bond motifs is 1. The molecule has 162 valence electrons. The fourth-order valence-corrected chi connectivity index (χ4v) is 4.27. The third-order valence-corrected chi connectivity index (χ3v) is 5.95. The molecule has 8 nitrogen and oxygen atoms in total. The molecule has 2 aromatic carbocycles. The highest BCUT2D eigenvalue weighted by molar-refractivity contribution is 7.20. The second-order valence-electron chi connectivity index (χ2n) is 7.14. The van der Waals surface area contributed by atoms with Gasteiger partial charge in [0.2, 0.25) is 0 Å². The number of hydrogen-bond acceptors (Lipinski definition) is 8. The fraction of sp³-hybridized carbons (Fsp3) is 0.333. The summed E-state index contributed by atoms with van der Waals surface area (Å²) in [6.07, 6.45) is 2.13. The quantitative estimate of drug-likeness (QED) is 0.447. The smallest absolute Gasteiger partial charge is 0.279 e. The van der Waals surface area contributed by atoms with Crippen LogP contribution in [-0.4, -0.2) is 44.9 Å². The summed E-state index contributed by atoms with van der Waals surface area (Å²) < 4.78 is 12.8. The molecular weight excluding hydrogens is 436 g/mol. The van der Waals surface area contributed by atoms with Crippen LogP contribution in [0.1, 0.15) is 24.6 Å². The molecule has 1 aliphatic rings. The lowest BCUT2D eigenvalue weighted by Gasteiger charge is -2.19. The third-order valence-electron chi connectivity index (χ3n) is 5.04. The number of nitrogens with one attached hydrogen (secondary N) is 1. The van der Waals surface area contributed by atoms with Crippen molar-refractivity contribution in [3.05, 3.63) is 54.4 Å². The van der Waals surface area contributed by atoms with Gasteiger partial charge in [-0.25, -0.2) is 4.98 Å². The molecule has 0 bridgehead atoms. The molecule has 0 unspecified atom stereocenters. The minimum atomic E-state index is 0. The molecular formula is C21H23ClN6O2S. The maximum atomic E-state index is 5.87. The molecule has 0 spiro atoms. The van der Waals surface area contributed by atoms with Crippen molar-refractivity contribution in [3.8, 4) is 16.7 Å². The topological polar surface area (TPSA) is 87.0 Å². The molecule has 0 radical (unpaired) electrons. The van der Waals surface area contributed by atoms with Crippen molar-refractivity contribution in [2.24, 2.45) is 0 Å². The number of piperidine rings is 1. The number of thiazole rings is 1. The van der Waals surface area contributed by atoms with Crippen LogP contribution in [0.4, 0.5) is 0 Å². The minimum absolute atomic E-state index is 0. The van der Waals surface area contributed by atoms with E-state index >= 15 is 0 Å². The molecule has 4 aromatic rings. The number of hydrogen-bond donors (Lipinski definition) is 1. The van der Waals surface area contributed by atoms with E-state index in [2.05, 4.69) is 25.7 Å². The molecule has 1 fully saturated rings. The van der Waals surface area contributed by atoms with E-state index in [-0.39, 0.29) is 12.4 Å². The monoisotopic (exact) mass is 458 g/mol. The van der Waals surface area contributed by atoms with Crippen LogP contribution in [0.3, 0.4) is 0 Å². The molecule has 2 aromatic heterocycles. The van der Waals surface area contributed by atoms with E-state index in [0.29, 0.717) is 24.3 Å². The van der Waals surface area contributed by atoms with Gasteiger partial charge in [0.25, 0.3) is 5.19 Å². The molecule has 1 saturated heterocycles. The Morgan fingerprint density at radius 1 is 1.03 bits per heavy atom. The van der Waals surface area contributed by atoms with Crippen LogP contribution in [0.25, 0.3) is 10.2 Å². The molecule has 31 heavy (non-hydrogen) atoms.